The Labute approximate surface area is 166 Å². The van der Waals surface area contributed by atoms with E-state index in [-0.39, 0.29) is 48.9 Å². The van der Waals surface area contributed by atoms with Crippen LogP contribution in [0.3, 0.4) is 0 Å². The quantitative estimate of drug-likeness (QED) is 0.756. The van der Waals surface area contributed by atoms with Crippen molar-refractivity contribution in [2.45, 2.75) is 18.7 Å². The molecular formula is C18H22ClF3N4O2. The lowest BCUT2D eigenvalue weighted by Crippen LogP contribution is -2.35. The Morgan fingerprint density at radius 2 is 2.11 bits per heavy atom. The number of nitrogens with one attached hydrogen (secondary N) is 2. The molecule has 0 spiro atoms. The van der Waals surface area contributed by atoms with E-state index in [4.69, 9.17) is 0 Å². The first-order valence-electron chi connectivity index (χ1n) is 8.64. The molecule has 10 heteroatoms. The molecule has 154 valence electrons. The summed E-state index contributed by atoms with van der Waals surface area (Å²) in [7, 11) is 1.82. The van der Waals surface area contributed by atoms with Crippen molar-refractivity contribution in [3.05, 3.63) is 47.8 Å². The van der Waals surface area contributed by atoms with E-state index >= 15 is 0 Å². The average molecular weight is 419 g/mol. The minimum Gasteiger partial charge on any atom is -0.406 e. The van der Waals surface area contributed by atoms with E-state index in [2.05, 4.69) is 20.5 Å². The highest BCUT2D eigenvalue weighted by Crippen LogP contribution is 2.28. The summed E-state index contributed by atoms with van der Waals surface area (Å²) in [5.41, 5.74) is 1.38. The predicted octanol–water partition coefficient (Wildman–Crippen LogP) is 2.40. The monoisotopic (exact) mass is 418 g/mol. The zero-order valence-corrected chi connectivity index (χ0v) is 16.0. The summed E-state index contributed by atoms with van der Waals surface area (Å²) < 4.78 is 43.2. The Morgan fingerprint density at radius 3 is 2.79 bits per heavy atom. The van der Waals surface area contributed by atoms with Gasteiger partial charge in [0.1, 0.15) is 5.75 Å². The van der Waals surface area contributed by atoms with Gasteiger partial charge in [-0.2, -0.15) is 5.10 Å². The molecule has 0 aliphatic carbocycles. The molecule has 2 heterocycles. The number of rotatable bonds is 6. The number of aromatic nitrogens is 2. The lowest BCUT2D eigenvalue weighted by molar-refractivity contribution is -0.274. The molecule has 2 N–H and O–H groups in total. The number of amides is 1. The summed E-state index contributed by atoms with van der Waals surface area (Å²) in [6, 6.07) is 5.94. The van der Waals surface area contributed by atoms with E-state index in [9.17, 15) is 18.0 Å². The second-order valence-corrected chi connectivity index (χ2v) is 6.52. The van der Waals surface area contributed by atoms with Gasteiger partial charge in [0.25, 0.3) is 0 Å². The van der Waals surface area contributed by atoms with Gasteiger partial charge in [-0.25, -0.2) is 0 Å². The molecule has 0 unspecified atom stereocenters. The highest BCUT2D eigenvalue weighted by molar-refractivity contribution is 5.85. The number of ether oxygens (including phenoxy) is 1. The number of para-hydroxylation sites is 1. The number of benzene rings is 1. The maximum absolute atomic E-state index is 12.6. The van der Waals surface area contributed by atoms with Crippen molar-refractivity contribution in [2.75, 3.05) is 19.6 Å². The van der Waals surface area contributed by atoms with Crippen molar-refractivity contribution in [1.29, 1.82) is 0 Å². The van der Waals surface area contributed by atoms with Crippen LogP contribution < -0.4 is 15.4 Å². The van der Waals surface area contributed by atoms with Crippen molar-refractivity contribution in [2.24, 2.45) is 13.0 Å². The van der Waals surface area contributed by atoms with Crippen LogP contribution in [0.2, 0.25) is 0 Å². The second kappa shape index (κ2) is 9.29. The number of carbonyl (C=O) groups is 1. The molecule has 0 radical (unpaired) electrons. The maximum Gasteiger partial charge on any atom is 0.573 e. The van der Waals surface area contributed by atoms with Crippen LogP contribution in [-0.4, -0.2) is 41.7 Å². The van der Waals surface area contributed by atoms with Crippen LogP contribution in [-0.2, 0) is 18.3 Å². The van der Waals surface area contributed by atoms with E-state index in [1.807, 2.05) is 13.2 Å². The molecule has 3 rings (SSSR count). The third kappa shape index (κ3) is 5.62. The first-order valence-corrected chi connectivity index (χ1v) is 8.64. The third-order valence-electron chi connectivity index (χ3n) is 4.60. The highest BCUT2D eigenvalue weighted by Gasteiger charge is 2.35. The first-order chi connectivity index (χ1) is 12.8. The van der Waals surface area contributed by atoms with Crippen LogP contribution >= 0.6 is 12.4 Å². The summed E-state index contributed by atoms with van der Waals surface area (Å²) in [5.74, 6) is -0.575. The Balaban J connectivity index is 0.00000280. The van der Waals surface area contributed by atoms with Gasteiger partial charge in [0.2, 0.25) is 5.91 Å². The minimum atomic E-state index is -4.74. The molecule has 2 atom stereocenters. The largest absolute Gasteiger partial charge is 0.573 e. The fourth-order valence-corrected chi connectivity index (χ4v) is 3.32. The van der Waals surface area contributed by atoms with Crippen LogP contribution in [0.5, 0.6) is 5.75 Å². The van der Waals surface area contributed by atoms with Crippen LogP contribution in [0, 0.1) is 5.92 Å². The Bertz CT molecular complexity index is 797. The van der Waals surface area contributed by atoms with Crippen LogP contribution in [0.25, 0.3) is 0 Å². The van der Waals surface area contributed by atoms with Crippen molar-refractivity contribution in [1.82, 2.24) is 20.4 Å². The van der Waals surface area contributed by atoms with Gasteiger partial charge in [0, 0.05) is 38.8 Å². The molecule has 6 nitrogen and oxygen atoms in total. The first kappa shape index (κ1) is 22.0. The Kier molecular flexibility index (Phi) is 7.31. The molecule has 1 amide bonds. The summed E-state index contributed by atoms with van der Waals surface area (Å²) in [6.45, 7) is 1.47. The third-order valence-corrected chi connectivity index (χ3v) is 4.60. The lowest BCUT2D eigenvalue weighted by Gasteiger charge is -2.17. The molecule has 1 aromatic carbocycles. The van der Waals surface area contributed by atoms with E-state index in [0.29, 0.717) is 18.7 Å². The molecule has 1 saturated heterocycles. The van der Waals surface area contributed by atoms with Gasteiger partial charge in [-0.1, -0.05) is 18.2 Å². The normalized spacial score (nSPS) is 19.1. The number of alkyl halides is 3. The van der Waals surface area contributed by atoms with Crippen molar-refractivity contribution in [3.8, 4) is 5.75 Å². The summed E-state index contributed by atoms with van der Waals surface area (Å²) in [5, 5.41) is 10.2. The maximum atomic E-state index is 12.6. The Hall–Kier alpha value is -2.26. The van der Waals surface area contributed by atoms with E-state index in [1.165, 1.54) is 12.1 Å². The molecule has 1 aliphatic heterocycles. The van der Waals surface area contributed by atoms with Crippen molar-refractivity contribution in [3.63, 3.8) is 0 Å². The number of aryl methyl sites for hydroxylation is 1. The molecular weight excluding hydrogens is 397 g/mol. The molecule has 2 aromatic rings. The molecule has 0 bridgehead atoms. The van der Waals surface area contributed by atoms with Crippen LogP contribution in [0.15, 0.2) is 36.7 Å². The summed E-state index contributed by atoms with van der Waals surface area (Å²) in [6.07, 6.45) is -0.854. The Morgan fingerprint density at radius 1 is 1.36 bits per heavy atom. The SMILES string of the molecule is Cl.Cn1cc([C@H]2CNC[C@@H]2C(=O)NCCc2ccccc2OC(F)(F)F)cn1. The number of carbonyl (C=O) groups excluding carboxylic acids is 1. The average Bonchev–Trinajstić information content (AvgIpc) is 3.23. The van der Waals surface area contributed by atoms with Gasteiger partial charge >= 0.3 is 6.36 Å². The second-order valence-electron chi connectivity index (χ2n) is 6.52. The molecule has 0 saturated carbocycles. The van der Waals surface area contributed by atoms with E-state index in [0.717, 1.165) is 5.56 Å². The summed E-state index contributed by atoms with van der Waals surface area (Å²) in [4.78, 5) is 12.6. The summed E-state index contributed by atoms with van der Waals surface area (Å²) >= 11 is 0. The van der Waals surface area contributed by atoms with E-state index < -0.39 is 6.36 Å². The predicted molar refractivity (Wildman–Crippen MR) is 99.4 cm³/mol. The van der Waals surface area contributed by atoms with Crippen LogP contribution in [0.1, 0.15) is 17.0 Å². The number of hydrogen-bond acceptors (Lipinski definition) is 4. The fraction of sp³-hybridized carbons (Fsp3) is 0.444. The smallest absolute Gasteiger partial charge is 0.406 e. The van der Waals surface area contributed by atoms with Gasteiger partial charge in [0.15, 0.2) is 0 Å². The number of nitrogens with zero attached hydrogens (tertiary/aromatic N) is 2. The highest BCUT2D eigenvalue weighted by atomic mass is 35.5. The number of halogens is 4. The zero-order chi connectivity index (χ0) is 19.4. The fourth-order valence-electron chi connectivity index (χ4n) is 3.32. The van der Waals surface area contributed by atoms with Gasteiger partial charge in [-0.15, -0.1) is 25.6 Å². The number of hydrogen-bond donors (Lipinski definition) is 2. The van der Waals surface area contributed by atoms with Crippen molar-refractivity contribution >= 4 is 18.3 Å². The molecule has 1 aliphatic rings. The van der Waals surface area contributed by atoms with Gasteiger partial charge in [0.05, 0.1) is 12.1 Å². The molecule has 1 aromatic heterocycles. The van der Waals surface area contributed by atoms with Crippen LogP contribution in [0.4, 0.5) is 13.2 Å². The molecule has 28 heavy (non-hydrogen) atoms. The lowest BCUT2D eigenvalue weighted by atomic mass is 9.90. The molecule has 1 fully saturated rings. The van der Waals surface area contributed by atoms with Crippen molar-refractivity contribution < 1.29 is 22.7 Å². The van der Waals surface area contributed by atoms with E-state index in [1.54, 1.807) is 23.0 Å². The van der Waals surface area contributed by atoms with Gasteiger partial charge < -0.3 is 15.4 Å². The topological polar surface area (TPSA) is 68.2 Å². The standard InChI is InChI=1S/C18H21F3N4O2.ClH/c1-25-11-13(8-24-25)14-9-22-10-15(14)17(26)23-7-6-12-4-2-3-5-16(12)27-18(19,20)21;/h2-5,8,11,14-15,22H,6-7,9-10H2,1H3,(H,23,26);1H/t14-,15+;/m1./s1. The zero-order valence-electron chi connectivity index (χ0n) is 15.2. The minimum absolute atomic E-state index is 0. The van der Waals surface area contributed by atoms with Gasteiger partial charge in [-0.05, 0) is 23.6 Å². The van der Waals surface area contributed by atoms with Gasteiger partial charge in [-0.3, -0.25) is 9.48 Å².